The predicted octanol–water partition coefficient (Wildman–Crippen LogP) is 2.82. The highest BCUT2D eigenvalue weighted by molar-refractivity contribution is 7.17. The summed E-state index contributed by atoms with van der Waals surface area (Å²) in [5.74, 6) is -0.894. The molecular weight excluding hydrogens is 354 g/mol. The second-order valence-electron chi connectivity index (χ2n) is 6.08. The summed E-state index contributed by atoms with van der Waals surface area (Å²) in [6, 6.07) is 6.84. The van der Waals surface area contributed by atoms with Gasteiger partial charge in [0, 0.05) is 14.1 Å². The Bertz CT molecular complexity index is 1080. The lowest BCUT2D eigenvalue weighted by molar-refractivity contribution is 0.0831. The molecule has 0 aliphatic heterocycles. The maximum atomic E-state index is 12.4. The van der Waals surface area contributed by atoms with Crippen molar-refractivity contribution < 1.29 is 14.0 Å². The molecule has 0 saturated heterocycles. The van der Waals surface area contributed by atoms with Crippen molar-refractivity contribution in [2.75, 3.05) is 19.4 Å². The van der Waals surface area contributed by atoms with Gasteiger partial charge in [0.05, 0.1) is 11.1 Å². The number of anilines is 1. The van der Waals surface area contributed by atoms with Crippen LogP contribution < -0.4 is 10.9 Å². The average molecular weight is 371 g/mol. The van der Waals surface area contributed by atoms with Gasteiger partial charge in [-0.2, -0.15) is 0 Å². The van der Waals surface area contributed by atoms with Gasteiger partial charge >= 0.3 is 5.63 Å². The molecule has 0 aliphatic rings. The normalized spacial score (nSPS) is 10.8. The molecule has 3 rings (SSSR count). The fraction of sp³-hybridized carbons (Fsp3) is 0.222. The first kappa shape index (κ1) is 17.8. The van der Waals surface area contributed by atoms with Gasteiger partial charge in [-0.1, -0.05) is 29.0 Å². The minimum atomic E-state index is -0.595. The van der Waals surface area contributed by atoms with Gasteiger partial charge in [0.2, 0.25) is 0 Å². The topological polar surface area (TPSA) is 92.5 Å². The second kappa shape index (κ2) is 6.72. The molecule has 7 nitrogen and oxygen atoms in total. The molecule has 2 aromatic heterocycles. The van der Waals surface area contributed by atoms with Crippen LogP contribution in [0.3, 0.4) is 0 Å². The van der Waals surface area contributed by atoms with Crippen LogP contribution in [0.5, 0.6) is 0 Å². The highest BCUT2D eigenvalue weighted by Crippen LogP contribution is 2.24. The number of hydrogen-bond donors (Lipinski definition) is 1. The Kier molecular flexibility index (Phi) is 4.60. The minimum Gasteiger partial charge on any atom is -0.417 e. The first-order valence-corrected chi connectivity index (χ1v) is 8.63. The number of carbonyl (C=O) groups excluding carboxylic acids is 2. The number of nitrogens with zero attached hydrogens (tertiary/aromatic N) is 2. The van der Waals surface area contributed by atoms with E-state index in [2.05, 4.69) is 10.3 Å². The molecule has 2 heterocycles. The van der Waals surface area contributed by atoms with Crippen molar-refractivity contribution in [2.24, 2.45) is 0 Å². The SMILES string of the molecule is Cc1ccc2cc(C(=O)Nc3nc(C)c(C(=O)N(C)C)s3)oc(=O)c2c1. The van der Waals surface area contributed by atoms with Crippen molar-refractivity contribution in [2.45, 2.75) is 13.8 Å². The quantitative estimate of drug-likeness (QED) is 0.764. The number of aryl methyl sites for hydroxylation is 2. The molecular formula is C18H17N3O4S. The van der Waals surface area contributed by atoms with Gasteiger partial charge in [-0.05, 0) is 31.4 Å². The van der Waals surface area contributed by atoms with E-state index in [1.807, 2.05) is 13.0 Å². The largest absolute Gasteiger partial charge is 0.417 e. The summed E-state index contributed by atoms with van der Waals surface area (Å²) in [4.78, 5) is 42.7. The molecule has 26 heavy (non-hydrogen) atoms. The number of amides is 2. The van der Waals surface area contributed by atoms with Crippen LogP contribution in [0, 0.1) is 13.8 Å². The standard InChI is InChI=1S/C18H17N3O4S/c1-9-5-6-11-8-13(25-17(24)12(11)7-9)15(22)20-18-19-10(2)14(26-18)16(23)21(3)4/h5-8H,1-4H3,(H,19,20,22). The van der Waals surface area contributed by atoms with Crippen LogP contribution in [0.25, 0.3) is 10.8 Å². The Hall–Kier alpha value is -3.00. The lowest BCUT2D eigenvalue weighted by Crippen LogP contribution is -2.21. The fourth-order valence-electron chi connectivity index (χ4n) is 2.42. The maximum absolute atomic E-state index is 12.4. The smallest absolute Gasteiger partial charge is 0.344 e. The van der Waals surface area contributed by atoms with Gasteiger partial charge in [0.15, 0.2) is 10.9 Å². The molecule has 8 heteroatoms. The first-order chi connectivity index (χ1) is 12.3. The number of hydrogen-bond acceptors (Lipinski definition) is 6. The average Bonchev–Trinajstić information content (AvgIpc) is 2.94. The molecule has 0 spiro atoms. The molecule has 134 valence electrons. The van der Waals surface area contributed by atoms with Crippen molar-refractivity contribution >= 4 is 39.1 Å². The van der Waals surface area contributed by atoms with Crippen molar-refractivity contribution in [1.82, 2.24) is 9.88 Å². The van der Waals surface area contributed by atoms with Crippen molar-refractivity contribution in [3.63, 3.8) is 0 Å². The van der Waals surface area contributed by atoms with Crippen LogP contribution in [0.1, 0.15) is 31.5 Å². The zero-order valence-electron chi connectivity index (χ0n) is 14.7. The number of thiazole rings is 1. The van der Waals surface area contributed by atoms with E-state index in [0.717, 1.165) is 16.9 Å². The molecule has 0 unspecified atom stereocenters. The van der Waals surface area contributed by atoms with Gasteiger partial charge in [0.25, 0.3) is 11.8 Å². The molecule has 1 aromatic carbocycles. The van der Waals surface area contributed by atoms with Gasteiger partial charge in [-0.25, -0.2) is 9.78 Å². The molecule has 0 radical (unpaired) electrons. The third-order valence-electron chi connectivity index (χ3n) is 3.76. The highest BCUT2D eigenvalue weighted by atomic mass is 32.1. The fourth-order valence-corrected chi connectivity index (χ4v) is 3.40. The molecule has 0 aliphatic carbocycles. The second-order valence-corrected chi connectivity index (χ2v) is 7.08. The third-order valence-corrected chi connectivity index (χ3v) is 4.82. The number of nitrogens with one attached hydrogen (secondary N) is 1. The number of carbonyl (C=O) groups is 2. The van der Waals surface area contributed by atoms with E-state index >= 15 is 0 Å². The van der Waals surface area contributed by atoms with E-state index in [0.29, 0.717) is 21.3 Å². The van der Waals surface area contributed by atoms with Crippen LogP contribution in [0.2, 0.25) is 0 Å². The Morgan fingerprint density at radius 3 is 2.62 bits per heavy atom. The van der Waals surface area contributed by atoms with Gasteiger partial charge in [-0.3, -0.25) is 14.9 Å². The Morgan fingerprint density at radius 1 is 1.19 bits per heavy atom. The molecule has 2 amide bonds. The predicted molar refractivity (Wildman–Crippen MR) is 100 cm³/mol. The number of fused-ring (bicyclic) bond motifs is 1. The summed E-state index contributed by atoms with van der Waals surface area (Å²) in [6.07, 6.45) is 0. The summed E-state index contributed by atoms with van der Waals surface area (Å²) < 4.78 is 5.14. The molecule has 3 aromatic rings. The van der Waals surface area contributed by atoms with E-state index in [-0.39, 0.29) is 16.8 Å². The summed E-state index contributed by atoms with van der Waals surface area (Å²) in [5, 5.41) is 3.89. The molecule has 0 atom stereocenters. The zero-order chi connectivity index (χ0) is 19.0. The minimum absolute atomic E-state index is 0.111. The number of aromatic nitrogens is 1. The Balaban J connectivity index is 1.90. The van der Waals surface area contributed by atoms with Crippen LogP contribution in [0.4, 0.5) is 5.13 Å². The van der Waals surface area contributed by atoms with E-state index in [4.69, 9.17) is 4.42 Å². The van der Waals surface area contributed by atoms with Gasteiger partial charge in [0.1, 0.15) is 4.88 Å². The zero-order valence-corrected chi connectivity index (χ0v) is 15.6. The summed E-state index contributed by atoms with van der Waals surface area (Å²) in [5.41, 5.74) is 0.882. The van der Waals surface area contributed by atoms with Crippen LogP contribution in [-0.2, 0) is 0 Å². The van der Waals surface area contributed by atoms with Crippen molar-refractivity contribution in [3.05, 3.63) is 56.6 Å². The van der Waals surface area contributed by atoms with E-state index in [1.54, 1.807) is 33.2 Å². The van der Waals surface area contributed by atoms with Crippen LogP contribution in [0.15, 0.2) is 33.5 Å². The lowest BCUT2D eigenvalue weighted by Gasteiger charge is -2.07. The molecule has 0 bridgehead atoms. The van der Waals surface area contributed by atoms with Crippen molar-refractivity contribution in [3.8, 4) is 0 Å². The maximum Gasteiger partial charge on any atom is 0.344 e. The van der Waals surface area contributed by atoms with Crippen molar-refractivity contribution in [1.29, 1.82) is 0 Å². The Morgan fingerprint density at radius 2 is 1.92 bits per heavy atom. The number of benzene rings is 1. The van der Waals surface area contributed by atoms with Crippen LogP contribution >= 0.6 is 11.3 Å². The van der Waals surface area contributed by atoms with Gasteiger partial charge < -0.3 is 9.32 Å². The van der Waals surface area contributed by atoms with E-state index in [9.17, 15) is 14.4 Å². The summed E-state index contributed by atoms with van der Waals surface area (Å²) in [6.45, 7) is 3.57. The monoisotopic (exact) mass is 371 g/mol. The van der Waals surface area contributed by atoms with E-state index < -0.39 is 11.5 Å². The summed E-state index contributed by atoms with van der Waals surface area (Å²) in [7, 11) is 3.29. The third kappa shape index (κ3) is 3.36. The Labute approximate surface area is 153 Å². The lowest BCUT2D eigenvalue weighted by atomic mass is 10.1. The molecule has 0 fully saturated rings. The number of rotatable bonds is 3. The summed E-state index contributed by atoms with van der Waals surface area (Å²) >= 11 is 1.07. The molecule has 1 N–H and O–H groups in total. The highest BCUT2D eigenvalue weighted by Gasteiger charge is 2.19. The first-order valence-electron chi connectivity index (χ1n) is 7.81. The van der Waals surface area contributed by atoms with Crippen LogP contribution in [-0.4, -0.2) is 35.8 Å². The van der Waals surface area contributed by atoms with E-state index in [1.165, 1.54) is 11.0 Å². The van der Waals surface area contributed by atoms with Gasteiger partial charge in [-0.15, -0.1) is 0 Å². The molecule has 0 saturated carbocycles.